The van der Waals surface area contributed by atoms with Crippen molar-refractivity contribution in [2.45, 2.75) is 44.0 Å². The lowest BCUT2D eigenvalue weighted by Gasteiger charge is -2.41. The molecule has 2 saturated heterocycles. The second kappa shape index (κ2) is 9.18. The molecular formula is C23H31N5O5. The normalized spacial score (nSPS) is 25.6. The monoisotopic (exact) mass is 457 g/mol. The van der Waals surface area contributed by atoms with Crippen LogP contribution >= 0.6 is 0 Å². The predicted octanol–water partition coefficient (Wildman–Crippen LogP) is 1.60. The Labute approximate surface area is 192 Å². The van der Waals surface area contributed by atoms with Gasteiger partial charge in [0.25, 0.3) is 5.91 Å². The highest BCUT2D eigenvalue weighted by molar-refractivity contribution is 5.91. The molecule has 0 spiro atoms. The van der Waals surface area contributed by atoms with Crippen LogP contribution < -0.4 is 20.1 Å². The Morgan fingerprint density at radius 2 is 1.73 bits per heavy atom. The Morgan fingerprint density at radius 3 is 2.45 bits per heavy atom. The van der Waals surface area contributed by atoms with Gasteiger partial charge in [0.1, 0.15) is 5.82 Å². The zero-order valence-electron chi connectivity index (χ0n) is 19.2. The summed E-state index contributed by atoms with van der Waals surface area (Å²) in [5.74, 6) is 2.09. The molecule has 3 aliphatic rings. The van der Waals surface area contributed by atoms with E-state index < -0.39 is 6.10 Å². The fourth-order valence-corrected chi connectivity index (χ4v) is 4.94. The molecular weight excluding hydrogens is 426 g/mol. The van der Waals surface area contributed by atoms with Crippen molar-refractivity contribution in [3.05, 3.63) is 12.1 Å². The van der Waals surface area contributed by atoms with Gasteiger partial charge in [-0.05, 0) is 18.9 Å². The molecule has 10 nitrogen and oxygen atoms in total. The Balaban J connectivity index is 1.25. The zero-order valence-corrected chi connectivity index (χ0v) is 19.2. The summed E-state index contributed by atoms with van der Waals surface area (Å²) in [7, 11) is 3.16. The van der Waals surface area contributed by atoms with E-state index in [1.165, 1.54) is 6.42 Å². The highest BCUT2D eigenvalue weighted by atomic mass is 16.6. The fourth-order valence-electron chi connectivity index (χ4n) is 4.94. The molecule has 1 saturated carbocycles. The van der Waals surface area contributed by atoms with Crippen LogP contribution in [-0.4, -0.2) is 86.1 Å². The number of anilines is 2. The molecule has 2 aromatic rings. The fraction of sp³-hybridized carbons (Fsp3) is 0.609. The van der Waals surface area contributed by atoms with Gasteiger partial charge in [-0.1, -0.05) is 12.8 Å². The molecule has 10 heteroatoms. The van der Waals surface area contributed by atoms with Gasteiger partial charge < -0.3 is 34.5 Å². The summed E-state index contributed by atoms with van der Waals surface area (Å²) in [6.45, 7) is 2.71. The Morgan fingerprint density at radius 1 is 1.03 bits per heavy atom. The van der Waals surface area contributed by atoms with Gasteiger partial charge in [0.15, 0.2) is 17.6 Å². The van der Waals surface area contributed by atoms with Gasteiger partial charge in [0.05, 0.1) is 38.6 Å². The van der Waals surface area contributed by atoms with Gasteiger partial charge in [-0.2, -0.15) is 4.98 Å². The lowest BCUT2D eigenvalue weighted by atomic mass is 9.93. The smallest absolute Gasteiger partial charge is 0.254 e. The summed E-state index contributed by atoms with van der Waals surface area (Å²) >= 11 is 0. The van der Waals surface area contributed by atoms with Gasteiger partial charge in [-0.25, -0.2) is 4.98 Å². The van der Waals surface area contributed by atoms with Crippen LogP contribution in [0.5, 0.6) is 11.5 Å². The number of amides is 1. The van der Waals surface area contributed by atoms with Gasteiger partial charge in [0.2, 0.25) is 5.95 Å². The summed E-state index contributed by atoms with van der Waals surface area (Å²) in [6.07, 6.45) is 3.99. The molecule has 33 heavy (non-hydrogen) atoms. The summed E-state index contributed by atoms with van der Waals surface area (Å²) in [5.41, 5.74) is 6.92. The van der Waals surface area contributed by atoms with Crippen molar-refractivity contribution in [1.82, 2.24) is 14.9 Å². The van der Waals surface area contributed by atoms with Crippen LogP contribution in [0.1, 0.15) is 25.7 Å². The largest absolute Gasteiger partial charge is 0.493 e. The number of rotatable bonds is 4. The summed E-state index contributed by atoms with van der Waals surface area (Å²) in [5, 5.41) is 0.709. The zero-order chi connectivity index (χ0) is 22.9. The molecule has 1 aromatic carbocycles. The average molecular weight is 458 g/mol. The van der Waals surface area contributed by atoms with Crippen LogP contribution in [0.3, 0.4) is 0 Å². The van der Waals surface area contributed by atoms with Crippen LogP contribution in [-0.2, 0) is 14.3 Å². The molecule has 1 amide bonds. The number of nitrogen functional groups attached to an aromatic ring is 1. The van der Waals surface area contributed by atoms with Crippen LogP contribution in [0.2, 0.25) is 0 Å². The highest BCUT2D eigenvalue weighted by Crippen LogP contribution is 2.34. The van der Waals surface area contributed by atoms with Crippen LogP contribution in [0, 0.1) is 0 Å². The number of methoxy groups -OCH3 is 2. The number of piperazine rings is 1. The minimum atomic E-state index is -0.508. The minimum absolute atomic E-state index is 0.00875. The molecule has 1 aliphatic carbocycles. The van der Waals surface area contributed by atoms with Crippen molar-refractivity contribution in [1.29, 1.82) is 0 Å². The molecule has 0 bridgehead atoms. The molecule has 1 aromatic heterocycles. The molecule has 3 atom stereocenters. The lowest BCUT2D eigenvalue weighted by Crippen LogP contribution is -2.56. The van der Waals surface area contributed by atoms with Gasteiger partial charge in [-0.3, -0.25) is 4.79 Å². The third-order valence-corrected chi connectivity index (χ3v) is 6.81. The van der Waals surface area contributed by atoms with E-state index in [9.17, 15) is 4.79 Å². The van der Waals surface area contributed by atoms with Crippen LogP contribution in [0.4, 0.5) is 11.8 Å². The molecule has 5 rings (SSSR count). The number of nitrogens with zero attached hydrogens (tertiary/aromatic N) is 4. The number of hydrogen-bond donors (Lipinski definition) is 1. The first kappa shape index (κ1) is 22.0. The summed E-state index contributed by atoms with van der Waals surface area (Å²) in [6, 6.07) is 3.58. The number of carbonyl (C=O) groups excluding carboxylic acids is 1. The van der Waals surface area contributed by atoms with Crippen LogP contribution in [0.15, 0.2) is 12.1 Å². The van der Waals surface area contributed by atoms with E-state index in [1.807, 2.05) is 9.80 Å². The van der Waals surface area contributed by atoms with E-state index in [4.69, 9.17) is 29.7 Å². The van der Waals surface area contributed by atoms with Crippen molar-refractivity contribution in [3.63, 3.8) is 0 Å². The number of hydrogen-bond acceptors (Lipinski definition) is 9. The highest BCUT2D eigenvalue weighted by Gasteiger charge is 2.39. The average Bonchev–Trinajstić information content (AvgIpc) is 2.87. The van der Waals surface area contributed by atoms with Crippen molar-refractivity contribution in [2.24, 2.45) is 0 Å². The third-order valence-electron chi connectivity index (χ3n) is 6.81. The summed E-state index contributed by atoms with van der Waals surface area (Å²) in [4.78, 5) is 26.2. The van der Waals surface area contributed by atoms with E-state index in [-0.39, 0.29) is 18.1 Å². The maximum Gasteiger partial charge on any atom is 0.254 e. The molecule has 3 fully saturated rings. The predicted molar refractivity (Wildman–Crippen MR) is 123 cm³/mol. The molecule has 2 N–H and O–H groups in total. The van der Waals surface area contributed by atoms with Crippen LogP contribution in [0.25, 0.3) is 10.9 Å². The Kier molecular flexibility index (Phi) is 6.11. The van der Waals surface area contributed by atoms with Gasteiger partial charge >= 0.3 is 0 Å². The van der Waals surface area contributed by atoms with Crippen molar-refractivity contribution in [2.75, 3.05) is 57.6 Å². The first-order chi connectivity index (χ1) is 16.1. The van der Waals surface area contributed by atoms with Gasteiger partial charge in [-0.15, -0.1) is 0 Å². The number of benzene rings is 1. The molecule has 3 heterocycles. The lowest BCUT2D eigenvalue weighted by molar-refractivity contribution is -0.201. The number of carbonyl (C=O) groups is 1. The Hall–Kier alpha value is -2.85. The maximum absolute atomic E-state index is 13.1. The summed E-state index contributed by atoms with van der Waals surface area (Å²) < 4.78 is 22.8. The number of nitrogens with two attached hydrogens (primary N) is 1. The van der Waals surface area contributed by atoms with Crippen molar-refractivity contribution in [3.8, 4) is 11.5 Å². The van der Waals surface area contributed by atoms with E-state index >= 15 is 0 Å². The number of ether oxygens (including phenoxy) is 4. The first-order valence-corrected chi connectivity index (χ1v) is 11.6. The molecule has 2 aliphatic heterocycles. The van der Waals surface area contributed by atoms with Gasteiger partial charge in [0, 0.05) is 37.6 Å². The molecule has 178 valence electrons. The number of aromatic nitrogens is 2. The second-order valence-electron chi connectivity index (χ2n) is 8.76. The molecule has 0 radical (unpaired) electrons. The minimum Gasteiger partial charge on any atom is -0.493 e. The van der Waals surface area contributed by atoms with Crippen molar-refractivity contribution >= 4 is 28.6 Å². The van der Waals surface area contributed by atoms with E-state index in [2.05, 4.69) is 4.98 Å². The van der Waals surface area contributed by atoms with Crippen molar-refractivity contribution < 1.29 is 23.7 Å². The SMILES string of the molecule is COc1cc2nc(N3CCN(C(=O)[C@H]4CO[C@H]5CCCC[C@@H]5O4)CC3)nc(N)c2cc1OC. The topological polar surface area (TPSA) is 112 Å². The third kappa shape index (κ3) is 4.24. The standard InChI is InChI=1S/C23H31N5O5/c1-30-18-11-14-15(12-19(18)31-2)25-23(26-21(14)24)28-9-7-27(8-10-28)22(29)20-13-32-16-5-3-4-6-17(16)33-20/h11-12,16-17,20H,3-10,13H2,1-2H3,(H2,24,25,26)/t16-,17-,20+/m0/s1. The van der Waals surface area contributed by atoms with E-state index in [0.29, 0.717) is 67.0 Å². The molecule has 0 unspecified atom stereocenters. The number of fused-ring (bicyclic) bond motifs is 2. The maximum atomic E-state index is 13.1. The van der Waals surface area contributed by atoms with E-state index in [0.717, 1.165) is 19.3 Å². The quantitative estimate of drug-likeness (QED) is 0.731. The van der Waals surface area contributed by atoms with E-state index in [1.54, 1.807) is 26.4 Å². The Bertz CT molecular complexity index is 1030. The second-order valence-corrected chi connectivity index (χ2v) is 8.76. The first-order valence-electron chi connectivity index (χ1n) is 11.6.